The summed E-state index contributed by atoms with van der Waals surface area (Å²) in [5.41, 5.74) is 5.67. The maximum Gasteiger partial charge on any atom is 0.255 e. The number of carbonyl (C=O) groups excluding carboxylic acids is 2. The molecule has 0 saturated carbocycles. The van der Waals surface area contributed by atoms with Crippen molar-refractivity contribution in [1.82, 2.24) is 0 Å². The minimum absolute atomic E-state index is 0.0308. The Labute approximate surface area is 153 Å². The van der Waals surface area contributed by atoms with Gasteiger partial charge in [-0.3, -0.25) is 9.59 Å². The molecule has 0 atom stereocenters. The molecular formula is C21H23N3O2. The molecule has 2 aromatic rings. The predicted octanol–water partition coefficient (Wildman–Crippen LogP) is 3.73. The average Bonchev–Trinajstić information content (AvgIpc) is 3.15. The lowest BCUT2D eigenvalue weighted by Crippen LogP contribution is -2.20. The highest BCUT2D eigenvalue weighted by Crippen LogP contribution is 2.28. The minimum Gasteiger partial charge on any atom is -0.371 e. The van der Waals surface area contributed by atoms with E-state index in [0.29, 0.717) is 18.4 Å². The first kappa shape index (κ1) is 16.6. The molecule has 5 nitrogen and oxygen atoms in total. The second-order valence-electron chi connectivity index (χ2n) is 7.07. The third kappa shape index (κ3) is 3.29. The summed E-state index contributed by atoms with van der Waals surface area (Å²) in [6, 6.07) is 11.5. The second kappa shape index (κ2) is 6.83. The number of rotatable bonds is 3. The zero-order valence-electron chi connectivity index (χ0n) is 15.0. The molecule has 0 spiro atoms. The van der Waals surface area contributed by atoms with Crippen LogP contribution >= 0.6 is 0 Å². The number of hydrogen-bond donors (Lipinski definition) is 2. The van der Waals surface area contributed by atoms with Gasteiger partial charge in [-0.15, -0.1) is 0 Å². The molecule has 2 aliphatic heterocycles. The van der Waals surface area contributed by atoms with E-state index in [2.05, 4.69) is 28.5 Å². The fourth-order valence-corrected chi connectivity index (χ4v) is 3.77. The van der Waals surface area contributed by atoms with Crippen LogP contribution in [0.4, 0.5) is 17.1 Å². The molecule has 1 fully saturated rings. The molecule has 0 unspecified atom stereocenters. The van der Waals surface area contributed by atoms with E-state index >= 15 is 0 Å². The zero-order valence-corrected chi connectivity index (χ0v) is 15.0. The maximum absolute atomic E-state index is 12.6. The Morgan fingerprint density at radius 3 is 2.65 bits per heavy atom. The van der Waals surface area contributed by atoms with Crippen LogP contribution in [0.2, 0.25) is 0 Å². The molecule has 0 bridgehead atoms. The number of amides is 2. The second-order valence-corrected chi connectivity index (χ2v) is 7.07. The highest BCUT2D eigenvalue weighted by atomic mass is 16.2. The van der Waals surface area contributed by atoms with Crippen molar-refractivity contribution in [3.05, 3.63) is 53.1 Å². The fourth-order valence-electron chi connectivity index (χ4n) is 3.77. The van der Waals surface area contributed by atoms with Crippen LogP contribution in [0.1, 0.15) is 40.7 Å². The van der Waals surface area contributed by atoms with E-state index in [4.69, 9.17) is 0 Å². The Morgan fingerprint density at radius 1 is 1.08 bits per heavy atom. The van der Waals surface area contributed by atoms with E-state index in [1.165, 1.54) is 24.1 Å². The van der Waals surface area contributed by atoms with Gasteiger partial charge in [-0.25, -0.2) is 0 Å². The van der Waals surface area contributed by atoms with E-state index in [-0.39, 0.29) is 11.8 Å². The average molecular weight is 349 g/mol. The molecule has 5 heteroatoms. The van der Waals surface area contributed by atoms with Crippen molar-refractivity contribution in [2.24, 2.45) is 0 Å². The number of fused-ring (bicyclic) bond motifs is 1. The van der Waals surface area contributed by atoms with Crippen molar-refractivity contribution >= 4 is 28.9 Å². The van der Waals surface area contributed by atoms with Gasteiger partial charge in [0.15, 0.2) is 0 Å². The van der Waals surface area contributed by atoms with Crippen molar-refractivity contribution in [2.45, 2.75) is 32.6 Å². The van der Waals surface area contributed by atoms with Crippen LogP contribution in [0.15, 0.2) is 36.4 Å². The van der Waals surface area contributed by atoms with E-state index in [0.717, 1.165) is 30.0 Å². The van der Waals surface area contributed by atoms with Crippen LogP contribution in [-0.4, -0.2) is 24.9 Å². The molecule has 1 saturated heterocycles. The zero-order chi connectivity index (χ0) is 18.1. The summed E-state index contributed by atoms with van der Waals surface area (Å²) in [7, 11) is 0. The molecule has 4 rings (SSSR count). The molecule has 26 heavy (non-hydrogen) atoms. The van der Waals surface area contributed by atoms with Gasteiger partial charge in [0.05, 0.1) is 0 Å². The van der Waals surface area contributed by atoms with E-state index < -0.39 is 0 Å². The highest BCUT2D eigenvalue weighted by molar-refractivity contribution is 6.05. The third-order valence-corrected chi connectivity index (χ3v) is 5.16. The van der Waals surface area contributed by atoms with Gasteiger partial charge in [-0.2, -0.15) is 0 Å². The molecule has 0 aromatic heterocycles. The van der Waals surface area contributed by atoms with Gasteiger partial charge in [-0.1, -0.05) is 0 Å². The summed E-state index contributed by atoms with van der Waals surface area (Å²) in [6.07, 6.45) is 3.63. The van der Waals surface area contributed by atoms with Crippen LogP contribution in [-0.2, 0) is 11.2 Å². The third-order valence-electron chi connectivity index (χ3n) is 5.16. The van der Waals surface area contributed by atoms with Gasteiger partial charge in [0.1, 0.15) is 0 Å². The first-order valence-corrected chi connectivity index (χ1v) is 9.20. The highest BCUT2D eigenvalue weighted by Gasteiger charge is 2.18. The number of benzene rings is 2. The Bertz CT molecular complexity index is 870. The molecule has 2 heterocycles. The van der Waals surface area contributed by atoms with Gasteiger partial charge in [0, 0.05) is 42.1 Å². The normalized spacial score (nSPS) is 16.2. The summed E-state index contributed by atoms with van der Waals surface area (Å²) in [6.45, 7) is 4.31. The Morgan fingerprint density at radius 2 is 1.88 bits per heavy atom. The number of nitrogens with zero attached hydrogens (tertiary/aromatic N) is 1. The summed E-state index contributed by atoms with van der Waals surface area (Å²) >= 11 is 0. The van der Waals surface area contributed by atoms with Crippen LogP contribution in [0.5, 0.6) is 0 Å². The van der Waals surface area contributed by atoms with Crippen molar-refractivity contribution in [3.8, 4) is 0 Å². The van der Waals surface area contributed by atoms with Crippen LogP contribution in [0.3, 0.4) is 0 Å². The molecule has 0 aliphatic carbocycles. The van der Waals surface area contributed by atoms with E-state index in [1.54, 1.807) is 6.07 Å². The summed E-state index contributed by atoms with van der Waals surface area (Å²) in [5, 5.41) is 5.83. The fraction of sp³-hybridized carbons (Fsp3) is 0.333. The summed E-state index contributed by atoms with van der Waals surface area (Å²) < 4.78 is 0. The van der Waals surface area contributed by atoms with Crippen LogP contribution < -0.4 is 15.5 Å². The molecule has 0 radical (unpaired) electrons. The number of aryl methyl sites for hydroxylation is 2. The first-order chi connectivity index (χ1) is 12.6. The van der Waals surface area contributed by atoms with Crippen molar-refractivity contribution in [1.29, 1.82) is 0 Å². The molecule has 2 N–H and O–H groups in total. The number of nitrogens with one attached hydrogen (secondary N) is 2. The SMILES string of the molecule is Cc1cc(NC(=O)c2ccc3c(c2)CCC(=O)N3)ccc1N1CCCC1. The maximum atomic E-state index is 12.6. The smallest absolute Gasteiger partial charge is 0.255 e. The quantitative estimate of drug-likeness (QED) is 0.887. The molecule has 134 valence electrons. The first-order valence-electron chi connectivity index (χ1n) is 9.20. The minimum atomic E-state index is -0.127. The molecule has 2 aliphatic rings. The van der Waals surface area contributed by atoms with Crippen molar-refractivity contribution in [2.75, 3.05) is 28.6 Å². The largest absolute Gasteiger partial charge is 0.371 e. The number of carbonyl (C=O) groups is 2. The van der Waals surface area contributed by atoms with Gasteiger partial charge < -0.3 is 15.5 Å². The lowest BCUT2D eigenvalue weighted by Gasteiger charge is -2.21. The van der Waals surface area contributed by atoms with Crippen molar-refractivity contribution in [3.63, 3.8) is 0 Å². The number of anilines is 3. The van der Waals surface area contributed by atoms with Crippen LogP contribution in [0.25, 0.3) is 0 Å². The standard InChI is InChI=1S/C21H23N3O2/c1-14-12-17(6-8-19(14)24-10-2-3-11-24)22-21(26)16-4-7-18-15(13-16)5-9-20(25)23-18/h4,6-8,12-13H,2-3,5,9-11H2,1H3,(H,22,26)(H,23,25). The monoisotopic (exact) mass is 349 g/mol. The van der Waals surface area contributed by atoms with E-state index in [1.807, 2.05) is 24.3 Å². The Kier molecular flexibility index (Phi) is 4.37. The molecule has 2 amide bonds. The predicted molar refractivity (Wildman–Crippen MR) is 104 cm³/mol. The topological polar surface area (TPSA) is 61.4 Å². The van der Waals surface area contributed by atoms with Gasteiger partial charge in [-0.05, 0) is 73.7 Å². The van der Waals surface area contributed by atoms with Gasteiger partial charge in [0.25, 0.3) is 5.91 Å². The molecule has 2 aromatic carbocycles. The van der Waals surface area contributed by atoms with E-state index in [9.17, 15) is 9.59 Å². The number of hydrogen-bond acceptors (Lipinski definition) is 3. The summed E-state index contributed by atoms with van der Waals surface area (Å²) in [4.78, 5) is 26.5. The van der Waals surface area contributed by atoms with Crippen LogP contribution in [0, 0.1) is 6.92 Å². The van der Waals surface area contributed by atoms with Gasteiger partial charge in [0.2, 0.25) is 5.91 Å². The lowest BCUT2D eigenvalue weighted by atomic mass is 10.00. The Hall–Kier alpha value is -2.82. The lowest BCUT2D eigenvalue weighted by molar-refractivity contribution is -0.116. The summed E-state index contributed by atoms with van der Waals surface area (Å²) in [5.74, 6) is -0.0960. The Balaban J connectivity index is 1.49. The molecular weight excluding hydrogens is 326 g/mol. The van der Waals surface area contributed by atoms with Crippen molar-refractivity contribution < 1.29 is 9.59 Å². The van der Waals surface area contributed by atoms with Gasteiger partial charge >= 0.3 is 0 Å².